The molecule has 0 unspecified atom stereocenters. The minimum Gasteiger partial charge on any atom is -0.507 e. The number of phenolic OH excluding ortho intramolecular Hbond substituents is 1. The third-order valence-electron chi connectivity index (χ3n) is 3.84. The molecule has 3 heteroatoms. The van der Waals surface area contributed by atoms with Crippen LogP contribution < -0.4 is 5.63 Å². The molecule has 2 rings (SSSR count). The summed E-state index contributed by atoms with van der Waals surface area (Å²) < 4.78 is 5.47. The number of unbranched alkanes of at least 4 members (excludes halogenated alkanes) is 1. The first-order valence-electron chi connectivity index (χ1n) is 6.72. The van der Waals surface area contributed by atoms with Crippen LogP contribution in [0.1, 0.15) is 42.0 Å². The van der Waals surface area contributed by atoms with Gasteiger partial charge in [-0.15, -0.1) is 0 Å². The molecular weight excluding hydrogens is 240 g/mol. The van der Waals surface area contributed by atoms with Crippen LogP contribution in [0.15, 0.2) is 15.3 Å². The van der Waals surface area contributed by atoms with Crippen molar-refractivity contribution < 1.29 is 9.52 Å². The molecule has 0 bridgehead atoms. The van der Waals surface area contributed by atoms with Gasteiger partial charge in [0.05, 0.1) is 0 Å². The van der Waals surface area contributed by atoms with Gasteiger partial charge in [0.2, 0.25) is 0 Å². The van der Waals surface area contributed by atoms with Crippen molar-refractivity contribution in [3.63, 3.8) is 0 Å². The van der Waals surface area contributed by atoms with Gasteiger partial charge in [-0.25, -0.2) is 4.79 Å². The first-order valence-corrected chi connectivity index (χ1v) is 6.72. The predicted octanol–water partition coefficient (Wildman–Crippen LogP) is 3.77. The maximum absolute atomic E-state index is 12.0. The summed E-state index contributed by atoms with van der Waals surface area (Å²) in [5.41, 5.74) is 3.41. The van der Waals surface area contributed by atoms with E-state index in [-0.39, 0.29) is 5.63 Å². The standard InChI is InChI=1S/C16H20O3/c1-5-6-7-12-8-13-11(4)14(17)9(2)10(3)15(13)19-16(12)18/h8,17H,5-7H2,1-4H3. The van der Waals surface area contributed by atoms with Crippen LogP contribution in [0.2, 0.25) is 0 Å². The van der Waals surface area contributed by atoms with E-state index in [1.165, 1.54) is 0 Å². The summed E-state index contributed by atoms with van der Waals surface area (Å²) in [6, 6.07) is 1.87. The van der Waals surface area contributed by atoms with Gasteiger partial charge in [-0.2, -0.15) is 0 Å². The molecule has 0 radical (unpaired) electrons. The van der Waals surface area contributed by atoms with Gasteiger partial charge < -0.3 is 9.52 Å². The second-order valence-electron chi connectivity index (χ2n) is 5.13. The fourth-order valence-corrected chi connectivity index (χ4v) is 2.37. The average Bonchev–Trinajstić information content (AvgIpc) is 2.41. The van der Waals surface area contributed by atoms with Gasteiger partial charge in [0, 0.05) is 16.5 Å². The van der Waals surface area contributed by atoms with E-state index in [0.717, 1.165) is 41.3 Å². The number of rotatable bonds is 3. The van der Waals surface area contributed by atoms with E-state index in [1.54, 1.807) is 0 Å². The van der Waals surface area contributed by atoms with Crippen LogP contribution in [0, 0.1) is 20.8 Å². The van der Waals surface area contributed by atoms with Crippen molar-refractivity contribution in [3.8, 4) is 5.75 Å². The van der Waals surface area contributed by atoms with Crippen molar-refractivity contribution >= 4 is 11.0 Å². The van der Waals surface area contributed by atoms with Crippen molar-refractivity contribution in [3.05, 3.63) is 38.7 Å². The topological polar surface area (TPSA) is 50.4 Å². The normalized spacial score (nSPS) is 11.2. The molecule has 19 heavy (non-hydrogen) atoms. The van der Waals surface area contributed by atoms with Gasteiger partial charge in [-0.1, -0.05) is 13.3 Å². The fraction of sp³-hybridized carbons (Fsp3) is 0.438. The molecule has 0 saturated carbocycles. The highest BCUT2D eigenvalue weighted by Gasteiger charge is 2.15. The number of fused-ring (bicyclic) bond motifs is 1. The maximum Gasteiger partial charge on any atom is 0.339 e. The molecule has 1 aromatic heterocycles. The highest BCUT2D eigenvalue weighted by Crippen LogP contribution is 2.33. The van der Waals surface area contributed by atoms with Gasteiger partial charge >= 0.3 is 5.63 Å². The molecule has 0 fully saturated rings. The molecule has 1 heterocycles. The number of hydrogen-bond acceptors (Lipinski definition) is 3. The molecule has 3 nitrogen and oxygen atoms in total. The summed E-state index contributed by atoms with van der Waals surface area (Å²) >= 11 is 0. The Morgan fingerprint density at radius 1 is 1.16 bits per heavy atom. The number of phenols is 1. The van der Waals surface area contributed by atoms with Crippen molar-refractivity contribution in [2.75, 3.05) is 0 Å². The van der Waals surface area contributed by atoms with Crippen LogP contribution in [0.25, 0.3) is 11.0 Å². The van der Waals surface area contributed by atoms with E-state index in [1.807, 2.05) is 26.8 Å². The summed E-state index contributed by atoms with van der Waals surface area (Å²) in [6.45, 7) is 7.65. The number of benzene rings is 1. The van der Waals surface area contributed by atoms with E-state index in [9.17, 15) is 9.90 Å². The smallest absolute Gasteiger partial charge is 0.339 e. The Hall–Kier alpha value is -1.77. The quantitative estimate of drug-likeness (QED) is 0.855. The fourth-order valence-electron chi connectivity index (χ4n) is 2.37. The molecule has 0 saturated heterocycles. The highest BCUT2D eigenvalue weighted by atomic mass is 16.4. The van der Waals surface area contributed by atoms with Crippen molar-refractivity contribution in [2.24, 2.45) is 0 Å². The molecule has 0 amide bonds. The van der Waals surface area contributed by atoms with Crippen LogP contribution in [0.3, 0.4) is 0 Å². The summed E-state index contributed by atoms with van der Waals surface area (Å²) in [4.78, 5) is 12.0. The van der Waals surface area contributed by atoms with Crippen LogP contribution in [-0.4, -0.2) is 5.11 Å². The lowest BCUT2D eigenvalue weighted by atomic mass is 9.98. The highest BCUT2D eigenvalue weighted by molar-refractivity contribution is 5.87. The summed E-state index contributed by atoms with van der Waals surface area (Å²) in [5, 5.41) is 10.9. The molecule has 0 aliphatic carbocycles. The largest absolute Gasteiger partial charge is 0.507 e. The molecule has 0 aliphatic rings. The Morgan fingerprint density at radius 3 is 2.47 bits per heavy atom. The van der Waals surface area contributed by atoms with Crippen molar-refractivity contribution in [1.82, 2.24) is 0 Å². The second kappa shape index (κ2) is 5.08. The Bertz CT molecular complexity index is 681. The summed E-state index contributed by atoms with van der Waals surface area (Å²) in [7, 11) is 0. The number of aromatic hydroxyl groups is 1. The molecule has 1 aromatic carbocycles. The van der Waals surface area contributed by atoms with E-state index in [2.05, 4.69) is 6.92 Å². The zero-order valence-electron chi connectivity index (χ0n) is 12.0. The molecule has 102 valence electrons. The third kappa shape index (κ3) is 2.25. The third-order valence-corrected chi connectivity index (χ3v) is 3.84. The molecule has 2 aromatic rings. The van der Waals surface area contributed by atoms with Crippen LogP contribution in [0.5, 0.6) is 5.75 Å². The number of aryl methyl sites for hydroxylation is 3. The Morgan fingerprint density at radius 2 is 1.84 bits per heavy atom. The van der Waals surface area contributed by atoms with Crippen LogP contribution >= 0.6 is 0 Å². The van der Waals surface area contributed by atoms with E-state index in [0.29, 0.717) is 16.9 Å². The van der Waals surface area contributed by atoms with Gasteiger partial charge in [0.1, 0.15) is 11.3 Å². The maximum atomic E-state index is 12.0. The molecule has 1 N–H and O–H groups in total. The lowest BCUT2D eigenvalue weighted by Crippen LogP contribution is -2.08. The molecule has 0 spiro atoms. The van der Waals surface area contributed by atoms with Gasteiger partial charge in [0.25, 0.3) is 0 Å². The SMILES string of the molecule is CCCCc1cc2c(C)c(O)c(C)c(C)c2oc1=O. The van der Waals surface area contributed by atoms with Gasteiger partial charge in [0.15, 0.2) is 0 Å². The summed E-state index contributed by atoms with van der Waals surface area (Å²) in [6.07, 6.45) is 2.72. The summed E-state index contributed by atoms with van der Waals surface area (Å²) in [5.74, 6) is 0.292. The van der Waals surface area contributed by atoms with E-state index < -0.39 is 0 Å². The Labute approximate surface area is 112 Å². The molecule has 0 atom stereocenters. The first-order chi connectivity index (χ1) is 8.97. The predicted molar refractivity (Wildman–Crippen MR) is 77.0 cm³/mol. The number of hydrogen-bond donors (Lipinski definition) is 1. The lowest BCUT2D eigenvalue weighted by molar-refractivity contribution is 0.465. The Kier molecular flexibility index (Phi) is 3.65. The second-order valence-corrected chi connectivity index (χ2v) is 5.13. The van der Waals surface area contributed by atoms with Crippen LogP contribution in [0.4, 0.5) is 0 Å². The molecule has 0 aliphatic heterocycles. The van der Waals surface area contributed by atoms with E-state index >= 15 is 0 Å². The van der Waals surface area contributed by atoms with Crippen LogP contribution in [-0.2, 0) is 6.42 Å². The zero-order chi connectivity index (χ0) is 14.2. The molecular formula is C16H20O3. The van der Waals surface area contributed by atoms with Gasteiger partial charge in [-0.3, -0.25) is 0 Å². The average molecular weight is 260 g/mol. The minimum absolute atomic E-state index is 0.256. The van der Waals surface area contributed by atoms with Crippen molar-refractivity contribution in [1.29, 1.82) is 0 Å². The first kappa shape index (κ1) is 13.7. The zero-order valence-corrected chi connectivity index (χ0v) is 12.0. The van der Waals surface area contributed by atoms with Gasteiger partial charge in [-0.05, 0) is 50.8 Å². The lowest BCUT2D eigenvalue weighted by Gasteiger charge is -2.12. The van der Waals surface area contributed by atoms with E-state index in [4.69, 9.17) is 4.42 Å². The minimum atomic E-state index is -0.256. The monoisotopic (exact) mass is 260 g/mol. The Balaban J connectivity index is 2.75. The van der Waals surface area contributed by atoms with Crippen molar-refractivity contribution in [2.45, 2.75) is 47.0 Å².